The zero-order valence-corrected chi connectivity index (χ0v) is 20.9. The van der Waals surface area contributed by atoms with Crippen LogP contribution in [0.4, 0.5) is 0 Å². The van der Waals surface area contributed by atoms with Crippen molar-refractivity contribution < 1.29 is 14.7 Å². The average Bonchev–Trinajstić information content (AvgIpc) is 3.14. The number of pyridine rings is 1. The molecule has 6 heteroatoms. The Labute approximate surface area is 208 Å². The first-order valence-electron chi connectivity index (χ1n) is 13.0. The van der Waals surface area contributed by atoms with E-state index in [0.29, 0.717) is 24.3 Å². The second kappa shape index (κ2) is 9.09. The Morgan fingerprint density at radius 2 is 2.09 bits per heavy atom. The molecule has 35 heavy (non-hydrogen) atoms. The molecule has 6 nitrogen and oxygen atoms in total. The van der Waals surface area contributed by atoms with Gasteiger partial charge >= 0.3 is 0 Å². The second-order valence-corrected chi connectivity index (χ2v) is 11.5. The highest BCUT2D eigenvalue weighted by Crippen LogP contribution is 2.67. The standard InChI is InChI=1S/C29H37N3O3/c1-4-29(34)14-11-25-23-8-7-21-16-22(9-12-27(21,2)24(23)10-13-28(25,29)3)32-35-19-26(33)31-18-20-6-5-15-30-17-20/h1,5-6,15-17,23-25,34H,7-14,18-19H2,2-3H3,(H,31,33)/t23-,24+,25-,27+,28-,29-/m1/s1. The molecule has 0 saturated heterocycles. The van der Waals surface area contributed by atoms with Gasteiger partial charge in [-0.3, -0.25) is 9.78 Å². The van der Waals surface area contributed by atoms with Crippen molar-refractivity contribution in [1.29, 1.82) is 0 Å². The molecule has 3 saturated carbocycles. The minimum Gasteiger partial charge on any atom is -0.385 e. The second-order valence-electron chi connectivity index (χ2n) is 11.5. The third-order valence-corrected chi connectivity index (χ3v) is 9.96. The number of hydrogen-bond donors (Lipinski definition) is 2. The largest absolute Gasteiger partial charge is 0.385 e. The van der Waals surface area contributed by atoms with Gasteiger partial charge < -0.3 is 15.3 Å². The number of nitrogens with zero attached hydrogens (tertiary/aromatic N) is 2. The molecule has 4 aliphatic rings. The molecule has 1 aromatic heterocycles. The van der Waals surface area contributed by atoms with Gasteiger partial charge in [0.15, 0.2) is 6.61 Å². The lowest BCUT2D eigenvalue weighted by Gasteiger charge is -2.58. The quantitative estimate of drug-likeness (QED) is 0.488. The summed E-state index contributed by atoms with van der Waals surface area (Å²) in [6.45, 7) is 5.01. The maximum Gasteiger partial charge on any atom is 0.261 e. The number of carbonyl (C=O) groups is 1. The summed E-state index contributed by atoms with van der Waals surface area (Å²) in [7, 11) is 0. The molecule has 5 rings (SSSR count). The highest BCUT2D eigenvalue weighted by Gasteiger charge is 2.63. The van der Waals surface area contributed by atoms with Crippen molar-refractivity contribution in [1.82, 2.24) is 10.3 Å². The van der Waals surface area contributed by atoms with Gasteiger partial charge in [-0.15, -0.1) is 6.42 Å². The van der Waals surface area contributed by atoms with Gasteiger partial charge in [0.1, 0.15) is 5.60 Å². The van der Waals surface area contributed by atoms with E-state index in [0.717, 1.165) is 62.6 Å². The molecule has 3 fully saturated rings. The summed E-state index contributed by atoms with van der Waals surface area (Å²) in [6, 6.07) is 3.77. The molecule has 186 valence electrons. The van der Waals surface area contributed by atoms with Crippen LogP contribution in [0.2, 0.25) is 0 Å². The number of fused-ring (bicyclic) bond motifs is 5. The molecule has 0 aromatic carbocycles. The van der Waals surface area contributed by atoms with E-state index in [1.54, 1.807) is 12.4 Å². The summed E-state index contributed by atoms with van der Waals surface area (Å²) in [5, 5.41) is 18.3. The molecule has 2 N–H and O–H groups in total. The van der Waals surface area contributed by atoms with Crippen molar-refractivity contribution in [3.05, 3.63) is 41.7 Å². The lowest BCUT2D eigenvalue weighted by atomic mass is 9.46. The number of rotatable bonds is 5. The Morgan fingerprint density at radius 3 is 2.86 bits per heavy atom. The summed E-state index contributed by atoms with van der Waals surface area (Å²) in [4.78, 5) is 21.6. The normalized spacial score (nSPS) is 39.0. The fraction of sp³-hybridized carbons (Fsp3) is 0.621. The van der Waals surface area contributed by atoms with E-state index < -0.39 is 5.60 Å². The van der Waals surface area contributed by atoms with E-state index in [2.05, 4.69) is 41.3 Å². The molecular formula is C29H37N3O3. The molecule has 0 unspecified atom stereocenters. The van der Waals surface area contributed by atoms with Crippen LogP contribution in [-0.4, -0.2) is 33.9 Å². The van der Waals surface area contributed by atoms with Gasteiger partial charge in [0.25, 0.3) is 5.91 Å². The summed E-state index contributed by atoms with van der Waals surface area (Å²) in [6.07, 6.45) is 19.5. The van der Waals surface area contributed by atoms with Crippen LogP contribution in [0.1, 0.15) is 70.8 Å². The van der Waals surface area contributed by atoms with Crippen LogP contribution < -0.4 is 5.32 Å². The van der Waals surface area contributed by atoms with Crippen LogP contribution in [0.5, 0.6) is 0 Å². The number of nitrogens with one attached hydrogen (secondary N) is 1. The maximum atomic E-state index is 12.1. The first-order valence-corrected chi connectivity index (χ1v) is 13.0. The lowest BCUT2D eigenvalue weighted by Crippen LogP contribution is -2.54. The first-order chi connectivity index (χ1) is 16.8. The van der Waals surface area contributed by atoms with Crippen molar-refractivity contribution in [3.8, 4) is 12.3 Å². The molecular weight excluding hydrogens is 438 g/mol. The molecule has 0 bridgehead atoms. The van der Waals surface area contributed by atoms with Crippen molar-refractivity contribution in [3.63, 3.8) is 0 Å². The predicted octanol–water partition coefficient (Wildman–Crippen LogP) is 4.40. The van der Waals surface area contributed by atoms with Gasteiger partial charge in [-0.1, -0.05) is 36.6 Å². The molecule has 0 spiro atoms. The molecule has 4 aliphatic carbocycles. The number of allylic oxidation sites excluding steroid dienone is 2. The molecule has 1 heterocycles. The van der Waals surface area contributed by atoms with Gasteiger partial charge in [0.2, 0.25) is 0 Å². The van der Waals surface area contributed by atoms with E-state index in [9.17, 15) is 9.90 Å². The van der Waals surface area contributed by atoms with E-state index in [1.165, 1.54) is 5.57 Å². The number of carbonyl (C=O) groups excluding carboxylic acids is 1. The van der Waals surface area contributed by atoms with Crippen LogP contribution in [0.15, 0.2) is 41.3 Å². The van der Waals surface area contributed by atoms with Crippen LogP contribution in [0, 0.1) is 40.9 Å². The van der Waals surface area contributed by atoms with Crippen molar-refractivity contribution >= 4 is 11.6 Å². The monoisotopic (exact) mass is 475 g/mol. The zero-order chi connectivity index (χ0) is 24.7. The number of amides is 1. The number of aromatic nitrogens is 1. The Hall–Kier alpha value is -2.65. The van der Waals surface area contributed by atoms with Crippen molar-refractivity contribution in [2.45, 2.75) is 77.4 Å². The Morgan fingerprint density at radius 1 is 1.26 bits per heavy atom. The molecule has 1 amide bonds. The minimum atomic E-state index is -0.951. The summed E-state index contributed by atoms with van der Waals surface area (Å²) >= 11 is 0. The fourth-order valence-corrected chi connectivity index (χ4v) is 7.82. The summed E-state index contributed by atoms with van der Waals surface area (Å²) in [5.74, 6) is 4.33. The third-order valence-electron chi connectivity index (χ3n) is 9.96. The van der Waals surface area contributed by atoms with Crippen molar-refractivity contribution in [2.24, 2.45) is 33.7 Å². The predicted molar refractivity (Wildman–Crippen MR) is 135 cm³/mol. The SMILES string of the molecule is C#C[C@@]1(O)CC[C@@H]2[C@@H]3CCC4=CC(=NOCC(=O)NCc5cccnc5)CC[C@]4(C)[C@H]3CC[C@]21C. The van der Waals surface area contributed by atoms with E-state index in [1.807, 2.05) is 12.1 Å². The highest BCUT2D eigenvalue weighted by atomic mass is 16.6. The van der Waals surface area contributed by atoms with Gasteiger partial charge in [-0.2, -0.15) is 0 Å². The lowest BCUT2D eigenvalue weighted by molar-refractivity contribution is -0.125. The molecule has 0 aliphatic heterocycles. The Balaban J connectivity index is 1.21. The highest BCUT2D eigenvalue weighted by molar-refractivity contribution is 5.96. The van der Waals surface area contributed by atoms with Crippen LogP contribution in [-0.2, 0) is 16.2 Å². The van der Waals surface area contributed by atoms with Crippen molar-refractivity contribution in [2.75, 3.05) is 6.61 Å². The Bertz CT molecular complexity index is 1080. The van der Waals surface area contributed by atoms with Gasteiger partial charge in [-0.05, 0) is 92.2 Å². The summed E-state index contributed by atoms with van der Waals surface area (Å²) in [5.41, 5.74) is 2.41. The van der Waals surface area contributed by atoms with Gasteiger partial charge in [-0.25, -0.2) is 0 Å². The minimum absolute atomic E-state index is 0.0900. The number of terminal acetylenes is 1. The molecule has 6 atom stereocenters. The topological polar surface area (TPSA) is 83.8 Å². The average molecular weight is 476 g/mol. The third kappa shape index (κ3) is 4.08. The first kappa shape index (κ1) is 24.1. The fourth-order valence-electron chi connectivity index (χ4n) is 7.82. The van der Waals surface area contributed by atoms with E-state index >= 15 is 0 Å². The zero-order valence-electron chi connectivity index (χ0n) is 20.9. The molecule has 1 aromatic rings. The molecule has 0 radical (unpaired) electrons. The number of aliphatic hydroxyl groups is 1. The van der Waals surface area contributed by atoms with Crippen LogP contribution >= 0.6 is 0 Å². The van der Waals surface area contributed by atoms with Crippen LogP contribution in [0.3, 0.4) is 0 Å². The van der Waals surface area contributed by atoms with E-state index in [-0.39, 0.29) is 23.3 Å². The van der Waals surface area contributed by atoms with Crippen LogP contribution in [0.25, 0.3) is 0 Å². The number of hydrogen-bond acceptors (Lipinski definition) is 5. The smallest absolute Gasteiger partial charge is 0.261 e. The Kier molecular flexibility index (Phi) is 6.25. The summed E-state index contributed by atoms with van der Waals surface area (Å²) < 4.78 is 0. The number of oxime groups is 1. The van der Waals surface area contributed by atoms with Gasteiger partial charge in [0.05, 0.1) is 5.71 Å². The van der Waals surface area contributed by atoms with Gasteiger partial charge in [0, 0.05) is 24.4 Å². The van der Waals surface area contributed by atoms with E-state index in [4.69, 9.17) is 11.3 Å². The maximum absolute atomic E-state index is 12.1.